The maximum absolute atomic E-state index is 12.1. The minimum atomic E-state index is -0.0836. The number of nitrogens with one attached hydrogen (secondary N) is 1. The number of benzene rings is 1. The second-order valence-electron chi connectivity index (χ2n) is 4.96. The van der Waals surface area contributed by atoms with Crippen LogP contribution in [0.2, 0.25) is 0 Å². The lowest BCUT2D eigenvalue weighted by Crippen LogP contribution is -2.24. The summed E-state index contributed by atoms with van der Waals surface area (Å²) in [5.74, 6) is 0.656. The van der Waals surface area contributed by atoms with Crippen molar-refractivity contribution in [2.45, 2.75) is 26.9 Å². The summed E-state index contributed by atoms with van der Waals surface area (Å²) in [7, 11) is 0. The fourth-order valence-corrected chi connectivity index (χ4v) is 2.45. The Kier molecular flexibility index (Phi) is 2.95. The average Bonchev–Trinajstić information content (AvgIpc) is 2.38. The van der Waals surface area contributed by atoms with Crippen molar-refractivity contribution in [3.05, 3.63) is 50.9 Å². The Morgan fingerprint density at radius 1 is 1.32 bits per heavy atom. The molecule has 98 valence electrons. The molecule has 1 aromatic heterocycles. The Morgan fingerprint density at radius 2 is 2.16 bits per heavy atom. The van der Waals surface area contributed by atoms with Crippen LogP contribution >= 0.6 is 0 Å². The standard InChI is InChI=1S/C15H16N2O2/c1-9-3-4-11(10(2)7-9)14-16-13-5-6-19-8-12(13)15(18)17-14/h3-4,7H,5-6,8H2,1-2H3,(H,16,17,18). The van der Waals surface area contributed by atoms with E-state index in [1.54, 1.807) is 0 Å². The molecule has 0 saturated heterocycles. The Bertz CT molecular complexity index is 689. The summed E-state index contributed by atoms with van der Waals surface area (Å²) in [6, 6.07) is 6.14. The summed E-state index contributed by atoms with van der Waals surface area (Å²) >= 11 is 0. The highest BCUT2D eigenvalue weighted by atomic mass is 16.5. The Balaban J connectivity index is 2.15. The van der Waals surface area contributed by atoms with Crippen LogP contribution in [0.15, 0.2) is 23.0 Å². The van der Waals surface area contributed by atoms with Crippen LogP contribution in [0.1, 0.15) is 22.4 Å². The maximum atomic E-state index is 12.1. The first-order chi connectivity index (χ1) is 9.15. The number of fused-ring (bicyclic) bond motifs is 1. The zero-order chi connectivity index (χ0) is 13.4. The van der Waals surface area contributed by atoms with Gasteiger partial charge in [-0.25, -0.2) is 4.98 Å². The fraction of sp³-hybridized carbons (Fsp3) is 0.333. The number of hydrogen-bond donors (Lipinski definition) is 1. The lowest BCUT2D eigenvalue weighted by atomic mass is 10.0. The molecule has 1 aromatic carbocycles. The quantitative estimate of drug-likeness (QED) is 0.850. The molecule has 3 rings (SSSR count). The minimum Gasteiger partial charge on any atom is -0.376 e. The molecule has 4 nitrogen and oxygen atoms in total. The van der Waals surface area contributed by atoms with E-state index < -0.39 is 0 Å². The highest BCUT2D eigenvalue weighted by Gasteiger charge is 2.17. The van der Waals surface area contributed by atoms with Gasteiger partial charge in [0.25, 0.3) is 5.56 Å². The molecule has 0 saturated carbocycles. The van der Waals surface area contributed by atoms with E-state index in [2.05, 4.69) is 23.0 Å². The largest absolute Gasteiger partial charge is 0.376 e. The van der Waals surface area contributed by atoms with E-state index in [0.717, 1.165) is 16.8 Å². The Morgan fingerprint density at radius 3 is 2.95 bits per heavy atom. The summed E-state index contributed by atoms with van der Waals surface area (Å²) in [5, 5.41) is 0. The van der Waals surface area contributed by atoms with Crippen molar-refractivity contribution in [1.82, 2.24) is 9.97 Å². The number of aromatic amines is 1. The van der Waals surface area contributed by atoms with Crippen LogP contribution in [0, 0.1) is 13.8 Å². The number of aryl methyl sites for hydroxylation is 2. The fourth-order valence-electron chi connectivity index (χ4n) is 2.45. The van der Waals surface area contributed by atoms with Crippen molar-refractivity contribution >= 4 is 0 Å². The van der Waals surface area contributed by atoms with Gasteiger partial charge in [0.2, 0.25) is 0 Å². The van der Waals surface area contributed by atoms with E-state index in [1.165, 1.54) is 5.56 Å². The van der Waals surface area contributed by atoms with E-state index in [0.29, 0.717) is 31.0 Å². The van der Waals surface area contributed by atoms with Crippen molar-refractivity contribution in [2.75, 3.05) is 6.61 Å². The van der Waals surface area contributed by atoms with E-state index in [9.17, 15) is 4.79 Å². The number of H-pyrrole nitrogens is 1. The van der Waals surface area contributed by atoms with Gasteiger partial charge in [-0.1, -0.05) is 23.8 Å². The van der Waals surface area contributed by atoms with Crippen LogP contribution in [0.25, 0.3) is 11.4 Å². The number of nitrogens with zero attached hydrogens (tertiary/aromatic N) is 1. The van der Waals surface area contributed by atoms with Crippen molar-refractivity contribution in [3.8, 4) is 11.4 Å². The maximum Gasteiger partial charge on any atom is 0.256 e. The SMILES string of the molecule is Cc1ccc(-c2nc3c(c(=O)[nH]2)COCC3)c(C)c1. The third-order valence-electron chi connectivity index (χ3n) is 3.47. The molecule has 1 aliphatic rings. The monoisotopic (exact) mass is 256 g/mol. The summed E-state index contributed by atoms with van der Waals surface area (Å²) in [6.07, 6.45) is 0.706. The first kappa shape index (κ1) is 12.1. The van der Waals surface area contributed by atoms with Gasteiger partial charge in [0, 0.05) is 12.0 Å². The summed E-state index contributed by atoms with van der Waals surface area (Å²) in [4.78, 5) is 19.5. The molecule has 0 bridgehead atoms. The lowest BCUT2D eigenvalue weighted by molar-refractivity contribution is 0.108. The van der Waals surface area contributed by atoms with Crippen LogP contribution in [0.4, 0.5) is 0 Å². The lowest BCUT2D eigenvalue weighted by Gasteiger charge is -2.16. The summed E-state index contributed by atoms with van der Waals surface area (Å²) in [6.45, 7) is 5.09. The van der Waals surface area contributed by atoms with Gasteiger partial charge in [0.1, 0.15) is 5.82 Å². The van der Waals surface area contributed by atoms with E-state index in [-0.39, 0.29) is 5.56 Å². The molecule has 1 N–H and O–H groups in total. The van der Waals surface area contributed by atoms with Crippen molar-refractivity contribution in [2.24, 2.45) is 0 Å². The molecular formula is C15H16N2O2. The van der Waals surface area contributed by atoms with Crippen molar-refractivity contribution < 1.29 is 4.74 Å². The number of hydrogen-bond acceptors (Lipinski definition) is 3. The van der Waals surface area contributed by atoms with Gasteiger partial charge in [-0.05, 0) is 19.4 Å². The molecule has 2 aromatic rings. The molecule has 0 atom stereocenters. The van der Waals surface area contributed by atoms with Crippen molar-refractivity contribution in [1.29, 1.82) is 0 Å². The van der Waals surface area contributed by atoms with Gasteiger partial charge in [-0.3, -0.25) is 4.79 Å². The average molecular weight is 256 g/mol. The molecule has 0 aliphatic carbocycles. The van der Waals surface area contributed by atoms with Crippen LogP contribution in [0.3, 0.4) is 0 Å². The molecule has 0 radical (unpaired) electrons. The zero-order valence-corrected chi connectivity index (χ0v) is 11.1. The number of aromatic nitrogens is 2. The van der Waals surface area contributed by atoms with Gasteiger partial charge in [-0.2, -0.15) is 0 Å². The van der Waals surface area contributed by atoms with E-state index in [1.807, 2.05) is 19.1 Å². The first-order valence-electron chi connectivity index (χ1n) is 6.42. The normalized spacial score (nSPS) is 14.2. The Hall–Kier alpha value is -1.94. The van der Waals surface area contributed by atoms with E-state index in [4.69, 9.17) is 4.74 Å². The first-order valence-corrected chi connectivity index (χ1v) is 6.42. The van der Waals surface area contributed by atoms with E-state index >= 15 is 0 Å². The highest BCUT2D eigenvalue weighted by Crippen LogP contribution is 2.21. The predicted octanol–water partition coefficient (Wildman–Crippen LogP) is 2.13. The van der Waals surface area contributed by atoms with Crippen molar-refractivity contribution in [3.63, 3.8) is 0 Å². The van der Waals surface area contributed by atoms with Crippen LogP contribution in [-0.4, -0.2) is 16.6 Å². The third kappa shape index (κ3) is 2.19. The molecule has 19 heavy (non-hydrogen) atoms. The molecule has 4 heteroatoms. The Labute approximate surface area is 111 Å². The molecule has 0 fully saturated rings. The number of ether oxygens (including phenoxy) is 1. The molecular weight excluding hydrogens is 240 g/mol. The van der Waals surface area contributed by atoms with Crippen LogP contribution in [-0.2, 0) is 17.8 Å². The van der Waals surface area contributed by atoms with Gasteiger partial charge >= 0.3 is 0 Å². The molecule has 0 amide bonds. The second-order valence-corrected chi connectivity index (χ2v) is 4.96. The topological polar surface area (TPSA) is 55.0 Å². The summed E-state index contributed by atoms with van der Waals surface area (Å²) < 4.78 is 5.30. The predicted molar refractivity (Wildman–Crippen MR) is 73.1 cm³/mol. The minimum absolute atomic E-state index is 0.0836. The molecule has 2 heterocycles. The second kappa shape index (κ2) is 4.63. The zero-order valence-electron chi connectivity index (χ0n) is 11.1. The van der Waals surface area contributed by atoms with Gasteiger partial charge < -0.3 is 9.72 Å². The third-order valence-corrected chi connectivity index (χ3v) is 3.47. The molecule has 1 aliphatic heterocycles. The number of rotatable bonds is 1. The van der Waals surface area contributed by atoms with Gasteiger partial charge in [-0.15, -0.1) is 0 Å². The highest BCUT2D eigenvalue weighted by molar-refractivity contribution is 5.60. The van der Waals surface area contributed by atoms with Gasteiger partial charge in [0.05, 0.1) is 24.5 Å². The summed E-state index contributed by atoms with van der Waals surface area (Å²) in [5.41, 5.74) is 4.76. The van der Waals surface area contributed by atoms with Gasteiger partial charge in [0.15, 0.2) is 0 Å². The molecule has 0 unspecified atom stereocenters. The molecule has 0 spiro atoms. The van der Waals surface area contributed by atoms with Crippen LogP contribution < -0.4 is 5.56 Å². The van der Waals surface area contributed by atoms with Crippen LogP contribution in [0.5, 0.6) is 0 Å². The smallest absolute Gasteiger partial charge is 0.256 e.